The van der Waals surface area contributed by atoms with E-state index in [-0.39, 0.29) is 17.9 Å². The average molecular weight is 332 g/mol. The van der Waals surface area contributed by atoms with Gasteiger partial charge in [-0.1, -0.05) is 0 Å². The minimum Gasteiger partial charge on any atom is -0.456 e. The number of hydrogen-bond acceptors (Lipinski definition) is 6. The summed E-state index contributed by atoms with van der Waals surface area (Å²) >= 11 is 1.47. The molecule has 3 aromatic rings. The van der Waals surface area contributed by atoms with Gasteiger partial charge in [-0.05, 0) is 32.0 Å². The number of esters is 1. The van der Waals surface area contributed by atoms with Crippen molar-refractivity contribution in [1.82, 2.24) is 19.7 Å². The molecule has 0 aliphatic rings. The van der Waals surface area contributed by atoms with Crippen LogP contribution in [0.2, 0.25) is 0 Å². The van der Waals surface area contributed by atoms with E-state index in [1.807, 2.05) is 13.8 Å². The van der Waals surface area contributed by atoms with Crippen LogP contribution in [-0.2, 0) is 11.3 Å². The van der Waals surface area contributed by atoms with Crippen LogP contribution < -0.4 is 0 Å². The summed E-state index contributed by atoms with van der Waals surface area (Å²) in [6, 6.07) is 4.08. The highest BCUT2D eigenvalue weighted by Crippen LogP contribution is 2.19. The zero-order chi connectivity index (χ0) is 16.4. The predicted molar refractivity (Wildman–Crippen MR) is 82.0 cm³/mol. The Labute approximate surface area is 135 Å². The summed E-state index contributed by atoms with van der Waals surface area (Å²) in [7, 11) is 0. The van der Waals surface area contributed by atoms with E-state index in [9.17, 15) is 9.18 Å². The van der Waals surface area contributed by atoms with E-state index in [1.165, 1.54) is 40.8 Å². The molecule has 0 atom stereocenters. The van der Waals surface area contributed by atoms with Crippen molar-refractivity contribution in [2.24, 2.45) is 0 Å². The van der Waals surface area contributed by atoms with Gasteiger partial charge in [0.1, 0.15) is 30.8 Å². The van der Waals surface area contributed by atoms with E-state index < -0.39 is 11.8 Å². The van der Waals surface area contributed by atoms with Gasteiger partial charge >= 0.3 is 5.97 Å². The summed E-state index contributed by atoms with van der Waals surface area (Å²) in [5.74, 6) is -1.16. The molecule has 0 spiro atoms. The van der Waals surface area contributed by atoms with Crippen molar-refractivity contribution in [2.75, 3.05) is 0 Å². The quantitative estimate of drug-likeness (QED) is 0.687. The topological polar surface area (TPSA) is 69.9 Å². The molecule has 3 rings (SSSR count). The van der Waals surface area contributed by atoms with Crippen LogP contribution in [-0.4, -0.2) is 25.7 Å². The lowest BCUT2D eigenvalue weighted by molar-refractivity contribution is 0.0475. The smallest absolute Gasteiger partial charge is 0.338 e. The molecule has 6 nitrogen and oxygen atoms in total. The normalized spacial score (nSPS) is 10.7. The number of hydrogen-bond donors (Lipinski definition) is 0. The van der Waals surface area contributed by atoms with Crippen LogP contribution >= 0.6 is 11.3 Å². The molecule has 0 fully saturated rings. The molecule has 0 unspecified atom stereocenters. The number of halogens is 1. The third-order valence-corrected chi connectivity index (χ3v) is 4.23. The monoisotopic (exact) mass is 332 g/mol. The van der Waals surface area contributed by atoms with E-state index in [0.29, 0.717) is 0 Å². The molecule has 0 radical (unpaired) electrons. The van der Waals surface area contributed by atoms with Gasteiger partial charge < -0.3 is 4.74 Å². The van der Waals surface area contributed by atoms with Crippen molar-refractivity contribution < 1.29 is 13.9 Å². The second kappa shape index (κ2) is 6.25. The second-order valence-corrected chi connectivity index (χ2v) is 6.11. The predicted octanol–water partition coefficient (Wildman–Crippen LogP) is 2.84. The average Bonchev–Trinajstić information content (AvgIpc) is 3.14. The highest BCUT2D eigenvalue weighted by atomic mass is 32.1. The summed E-state index contributed by atoms with van der Waals surface area (Å²) in [5.41, 5.74) is 1.20. The van der Waals surface area contributed by atoms with E-state index in [1.54, 1.807) is 0 Å². The lowest BCUT2D eigenvalue weighted by atomic mass is 10.2. The summed E-state index contributed by atoms with van der Waals surface area (Å²) in [4.78, 5) is 21.0. The minimum absolute atomic E-state index is 0.128. The molecule has 1 aromatic carbocycles. The Morgan fingerprint density at radius 2 is 2.22 bits per heavy atom. The van der Waals surface area contributed by atoms with Gasteiger partial charge in [0.15, 0.2) is 0 Å². The highest BCUT2D eigenvalue weighted by molar-refractivity contribution is 7.11. The number of aryl methyl sites for hydroxylation is 2. The summed E-state index contributed by atoms with van der Waals surface area (Å²) < 4.78 is 20.6. The third-order valence-electron chi connectivity index (χ3n) is 3.18. The first kappa shape index (κ1) is 15.3. The van der Waals surface area contributed by atoms with Crippen LogP contribution in [0.5, 0.6) is 0 Å². The van der Waals surface area contributed by atoms with Gasteiger partial charge in [0, 0.05) is 0 Å². The molecule has 0 bridgehead atoms. The Hall–Kier alpha value is -2.61. The molecule has 0 aliphatic heterocycles. The molecular weight excluding hydrogens is 319 g/mol. The van der Waals surface area contributed by atoms with Crippen LogP contribution in [0.1, 0.15) is 25.9 Å². The molecular formula is C15H13FN4O2S. The van der Waals surface area contributed by atoms with E-state index in [2.05, 4.69) is 15.1 Å². The van der Waals surface area contributed by atoms with Gasteiger partial charge in [0.2, 0.25) is 0 Å². The second-order valence-electron chi connectivity index (χ2n) is 4.82. The largest absolute Gasteiger partial charge is 0.456 e. The molecule has 8 heteroatoms. The molecule has 0 N–H and O–H groups in total. The molecule has 2 aromatic heterocycles. The molecule has 118 valence electrons. The maximum absolute atomic E-state index is 14.1. The maximum Gasteiger partial charge on any atom is 0.338 e. The number of nitrogens with zero attached hydrogens (tertiary/aromatic N) is 4. The van der Waals surface area contributed by atoms with Crippen LogP contribution in [0.25, 0.3) is 5.69 Å². The first-order chi connectivity index (χ1) is 11.0. The van der Waals surface area contributed by atoms with Crippen molar-refractivity contribution in [1.29, 1.82) is 0 Å². The Kier molecular flexibility index (Phi) is 4.16. The van der Waals surface area contributed by atoms with Crippen molar-refractivity contribution in [3.8, 4) is 5.69 Å². The number of ether oxygens (including phenoxy) is 1. The van der Waals surface area contributed by atoms with Crippen molar-refractivity contribution >= 4 is 17.3 Å². The van der Waals surface area contributed by atoms with Gasteiger partial charge in [-0.15, -0.1) is 11.3 Å². The zero-order valence-corrected chi connectivity index (χ0v) is 13.3. The Morgan fingerprint density at radius 3 is 2.83 bits per heavy atom. The summed E-state index contributed by atoms with van der Waals surface area (Å²) in [6.45, 7) is 3.88. The van der Waals surface area contributed by atoms with Gasteiger partial charge in [-0.25, -0.2) is 23.8 Å². The number of carbonyl (C=O) groups is 1. The fourth-order valence-corrected chi connectivity index (χ4v) is 2.92. The van der Waals surface area contributed by atoms with Crippen LogP contribution in [0, 0.1) is 19.7 Å². The number of rotatable bonds is 4. The number of thiazole rings is 1. The van der Waals surface area contributed by atoms with Crippen molar-refractivity contribution in [3.63, 3.8) is 0 Å². The first-order valence-electron chi connectivity index (χ1n) is 6.79. The minimum atomic E-state index is -0.584. The highest BCUT2D eigenvalue weighted by Gasteiger charge is 2.14. The maximum atomic E-state index is 14.1. The molecule has 0 aliphatic carbocycles. The first-order valence-corrected chi connectivity index (χ1v) is 7.61. The summed E-state index contributed by atoms with van der Waals surface area (Å²) in [6.07, 6.45) is 2.69. The van der Waals surface area contributed by atoms with Gasteiger partial charge in [-0.3, -0.25) is 0 Å². The fourth-order valence-electron chi connectivity index (χ4n) is 2.07. The standard InChI is InChI=1S/C15H13FN4O2S/c1-9-14(23-10(2)19-9)6-22-15(21)11-3-4-13(12(16)5-11)20-8-17-7-18-20/h3-5,7-8H,6H2,1-2H3. The SMILES string of the molecule is Cc1nc(C)c(COC(=O)c2ccc(-n3cncn3)c(F)c2)s1. The molecule has 0 saturated carbocycles. The van der Waals surface area contributed by atoms with Crippen molar-refractivity contribution in [3.05, 3.63) is 57.8 Å². The lowest BCUT2D eigenvalue weighted by Gasteiger charge is -2.06. The van der Waals surface area contributed by atoms with Gasteiger partial charge in [0.05, 0.1) is 21.1 Å². The van der Waals surface area contributed by atoms with Crippen molar-refractivity contribution in [2.45, 2.75) is 20.5 Å². The van der Waals surface area contributed by atoms with Crippen LogP contribution in [0.4, 0.5) is 4.39 Å². The Morgan fingerprint density at radius 1 is 1.39 bits per heavy atom. The number of aromatic nitrogens is 4. The van der Waals surface area contributed by atoms with E-state index >= 15 is 0 Å². The van der Waals surface area contributed by atoms with Gasteiger partial charge in [0.25, 0.3) is 0 Å². The van der Waals surface area contributed by atoms with Crippen LogP contribution in [0.3, 0.4) is 0 Å². The Bertz CT molecular complexity index is 845. The van der Waals surface area contributed by atoms with E-state index in [0.717, 1.165) is 21.6 Å². The van der Waals surface area contributed by atoms with Crippen LogP contribution in [0.15, 0.2) is 30.9 Å². The van der Waals surface area contributed by atoms with Gasteiger partial charge in [-0.2, -0.15) is 5.10 Å². The molecule has 0 saturated heterocycles. The number of benzene rings is 1. The lowest BCUT2D eigenvalue weighted by Crippen LogP contribution is -2.07. The number of carbonyl (C=O) groups excluding carboxylic acids is 1. The zero-order valence-electron chi connectivity index (χ0n) is 12.5. The Balaban J connectivity index is 1.73. The molecule has 2 heterocycles. The fraction of sp³-hybridized carbons (Fsp3) is 0.200. The molecule has 0 amide bonds. The third kappa shape index (κ3) is 3.26. The van der Waals surface area contributed by atoms with E-state index in [4.69, 9.17) is 4.74 Å². The summed E-state index contributed by atoms with van der Waals surface area (Å²) in [5, 5.41) is 4.77. The molecule has 23 heavy (non-hydrogen) atoms.